The van der Waals surface area contributed by atoms with Crippen molar-refractivity contribution >= 4 is 21.6 Å². The van der Waals surface area contributed by atoms with Crippen molar-refractivity contribution in [2.24, 2.45) is 0 Å². The number of benzene rings is 1. The van der Waals surface area contributed by atoms with Crippen LogP contribution in [-0.2, 0) is 15.4 Å². The van der Waals surface area contributed by atoms with Gasteiger partial charge in [0, 0.05) is 17.0 Å². The van der Waals surface area contributed by atoms with Crippen LogP contribution < -0.4 is 4.72 Å². The van der Waals surface area contributed by atoms with Crippen LogP contribution in [0.2, 0.25) is 5.02 Å². The van der Waals surface area contributed by atoms with Crippen LogP contribution >= 0.6 is 11.6 Å². The zero-order chi connectivity index (χ0) is 16.0. The highest BCUT2D eigenvalue weighted by atomic mass is 35.5. The maximum absolute atomic E-state index is 12.5. The number of sulfonamides is 1. The fourth-order valence-electron chi connectivity index (χ4n) is 2.69. The topological polar surface area (TPSA) is 72.2 Å². The van der Waals surface area contributed by atoms with Crippen LogP contribution in [0.25, 0.3) is 0 Å². The van der Waals surface area contributed by atoms with Crippen LogP contribution in [0.5, 0.6) is 0 Å². The van der Waals surface area contributed by atoms with Crippen LogP contribution in [-0.4, -0.2) is 20.1 Å². The standard InChI is InChI=1S/C15H17ClN2O3S/c1-10-14(11(2)21-18-10)22(19,20)17-9-15(7-8-15)12-3-5-13(16)6-4-12/h3-6,17H,7-9H2,1-2H3. The molecule has 0 amide bonds. The Balaban J connectivity index is 1.79. The zero-order valence-corrected chi connectivity index (χ0v) is 14.0. The van der Waals surface area contributed by atoms with Crippen molar-refractivity contribution in [3.63, 3.8) is 0 Å². The van der Waals surface area contributed by atoms with Crippen LogP contribution in [0.4, 0.5) is 0 Å². The van der Waals surface area contributed by atoms with Gasteiger partial charge in [-0.2, -0.15) is 0 Å². The average molecular weight is 341 g/mol. The van der Waals surface area contributed by atoms with E-state index in [1.54, 1.807) is 13.8 Å². The summed E-state index contributed by atoms with van der Waals surface area (Å²) in [7, 11) is -3.62. The van der Waals surface area contributed by atoms with Gasteiger partial charge in [0.05, 0.1) is 0 Å². The van der Waals surface area contributed by atoms with Crippen molar-refractivity contribution in [2.45, 2.75) is 37.0 Å². The van der Waals surface area contributed by atoms with Crippen LogP contribution in [0.3, 0.4) is 0 Å². The van der Waals surface area contributed by atoms with Gasteiger partial charge in [0.2, 0.25) is 10.0 Å². The van der Waals surface area contributed by atoms with Gasteiger partial charge in [-0.25, -0.2) is 13.1 Å². The first kappa shape index (κ1) is 15.5. The van der Waals surface area contributed by atoms with Crippen molar-refractivity contribution in [3.05, 3.63) is 46.3 Å². The fourth-order valence-corrected chi connectivity index (χ4v) is 4.26. The molecule has 1 N–H and O–H groups in total. The first-order valence-electron chi connectivity index (χ1n) is 7.03. The normalized spacial score (nSPS) is 16.7. The highest BCUT2D eigenvalue weighted by Gasteiger charge is 2.45. The Hall–Kier alpha value is -1.37. The lowest BCUT2D eigenvalue weighted by Gasteiger charge is -2.16. The third kappa shape index (κ3) is 2.78. The van der Waals surface area contributed by atoms with Crippen LogP contribution in [0.1, 0.15) is 29.9 Å². The predicted octanol–water partition coefficient (Wildman–Crippen LogP) is 2.95. The van der Waals surface area contributed by atoms with Crippen LogP contribution in [0, 0.1) is 13.8 Å². The number of aryl methyl sites for hydroxylation is 2. The van der Waals surface area contributed by atoms with Gasteiger partial charge in [-0.05, 0) is 44.4 Å². The van der Waals surface area contributed by atoms with Gasteiger partial charge in [-0.1, -0.05) is 28.9 Å². The van der Waals surface area contributed by atoms with E-state index in [1.165, 1.54) is 0 Å². The molecule has 0 aliphatic heterocycles. The molecule has 0 unspecified atom stereocenters. The van der Waals surface area contributed by atoms with E-state index >= 15 is 0 Å². The van der Waals surface area contributed by atoms with E-state index in [-0.39, 0.29) is 10.3 Å². The number of rotatable bonds is 5. The second-order valence-corrected chi connectivity index (χ2v) is 7.91. The summed E-state index contributed by atoms with van der Waals surface area (Å²) in [5, 5.41) is 4.38. The minimum atomic E-state index is -3.62. The second-order valence-electron chi connectivity index (χ2n) is 5.77. The summed E-state index contributed by atoms with van der Waals surface area (Å²) < 4.78 is 32.6. The summed E-state index contributed by atoms with van der Waals surface area (Å²) in [6, 6.07) is 7.58. The Morgan fingerprint density at radius 2 is 1.91 bits per heavy atom. The van der Waals surface area contributed by atoms with Gasteiger partial charge in [0.15, 0.2) is 5.76 Å². The number of aromatic nitrogens is 1. The number of hydrogen-bond donors (Lipinski definition) is 1. The van der Waals surface area contributed by atoms with Crippen molar-refractivity contribution < 1.29 is 12.9 Å². The summed E-state index contributed by atoms with van der Waals surface area (Å²) in [5.41, 5.74) is 1.36. The molecule has 7 heteroatoms. The molecule has 1 aliphatic rings. The van der Waals surface area contributed by atoms with Gasteiger partial charge in [0.1, 0.15) is 10.6 Å². The van der Waals surface area contributed by atoms with E-state index in [0.717, 1.165) is 18.4 Å². The summed E-state index contributed by atoms with van der Waals surface area (Å²) in [4.78, 5) is 0.138. The molecule has 5 nitrogen and oxygen atoms in total. The number of hydrogen-bond acceptors (Lipinski definition) is 4. The second kappa shape index (κ2) is 5.37. The van der Waals surface area contributed by atoms with Crippen molar-refractivity contribution in [1.29, 1.82) is 0 Å². The Labute approximate surface area is 134 Å². The summed E-state index contributed by atoms with van der Waals surface area (Å²) >= 11 is 5.91. The highest BCUT2D eigenvalue weighted by Crippen LogP contribution is 2.48. The molecule has 1 heterocycles. The molecule has 22 heavy (non-hydrogen) atoms. The van der Waals surface area contributed by atoms with Gasteiger partial charge < -0.3 is 4.52 Å². The predicted molar refractivity (Wildman–Crippen MR) is 83.5 cm³/mol. The lowest BCUT2D eigenvalue weighted by molar-refractivity contribution is 0.390. The fraction of sp³-hybridized carbons (Fsp3) is 0.400. The molecule has 1 fully saturated rings. The SMILES string of the molecule is Cc1noc(C)c1S(=O)(=O)NCC1(c2ccc(Cl)cc2)CC1. The summed E-state index contributed by atoms with van der Waals surface area (Å²) in [6.07, 6.45) is 1.91. The summed E-state index contributed by atoms with van der Waals surface area (Å²) in [5.74, 6) is 0.307. The third-order valence-electron chi connectivity index (χ3n) is 4.15. The quantitative estimate of drug-likeness (QED) is 0.908. The first-order valence-corrected chi connectivity index (χ1v) is 8.89. The maximum atomic E-state index is 12.5. The monoisotopic (exact) mass is 340 g/mol. The van der Waals surface area contributed by atoms with Crippen molar-refractivity contribution in [2.75, 3.05) is 6.54 Å². The molecular formula is C15H17ClN2O3S. The van der Waals surface area contributed by atoms with Gasteiger partial charge in [-0.15, -0.1) is 0 Å². The summed E-state index contributed by atoms with van der Waals surface area (Å²) in [6.45, 7) is 3.58. The van der Waals surface area contributed by atoms with E-state index in [1.807, 2.05) is 24.3 Å². The van der Waals surface area contributed by atoms with E-state index in [9.17, 15) is 8.42 Å². The Bertz CT molecular complexity index is 773. The molecule has 3 rings (SSSR count). The minimum Gasteiger partial charge on any atom is -0.360 e. The van der Waals surface area contributed by atoms with Gasteiger partial charge >= 0.3 is 0 Å². The number of nitrogens with one attached hydrogen (secondary N) is 1. The average Bonchev–Trinajstić information content (AvgIpc) is 3.18. The third-order valence-corrected chi connectivity index (χ3v) is 6.04. The number of halogens is 1. The molecule has 1 aromatic heterocycles. The first-order chi connectivity index (χ1) is 10.3. The molecule has 1 saturated carbocycles. The van der Waals surface area contributed by atoms with E-state index in [4.69, 9.17) is 16.1 Å². The molecular weight excluding hydrogens is 324 g/mol. The molecule has 0 bridgehead atoms. The highest BCUT2D eigenvalue weighted by molar-refractivity contribution is 7.89. The van der Waals surface area contributed by atoms with Gasteiger partial charge in [0.25, 0.3) is 0 Å². The molecule has 0 radical (unpaired) electrons. The molecule has 1 aromatic carbocycles. The van der Waals surface area contributed by atoms with Crippen molar-refractivity contribution in [1.82, 2.24) is 9.88 Å². The molecule has 2 aromatic rings. The lowest BCUT2D eigenvalue weighted by atomic mass is 9.96. The molecule has 118 valence electrons. The Morgan fingerprint density at radius 3 is 2.41 bits per heavy atom. The minimum absolute atomic E-state index is 0.128. The molecule has 1 aliphatic carbocycles. The van der Waals surface area contributed by atoms with Crippen LogP contribution in [0.15, 0.2) is 33.7 Å². The lowest BCUT2D eigenvalue weighted by Crippen LogP contribution is -2.32. The Kier molecular flexibility index (Phi) is 3.79. The van der Waals surface area contributed by atoms with E-state index in [0.29, 0.717) is 23.0 Å². The largest absolute Gasteiger partial charge is 0.360 e. The Morgan fingerprint density at radius 1 is 1.27 bits per heavy atom. The maximum Gasteiger partial charge on any atom is 0.245 e. The molecule has 0 spiro atoms. The smallest absolute Gasteiger partial charge is 0.245 e. The molecule has 0 saturated heterocycles. The zero-order valence-electron chi connectivity index (χ0n) is 12.4. The van der Waals surface area contributed by atoms with Gasteiger partial charge in [-0.3, -0.25) is 0 Å². The molecule has 0 atom stereocenters. The van der Waals surface area contributed by atoms with E-state index < -0.39 is 10.0 Å². The number of nitrogens with zero attached hydrogens (tertiary/aromatic N) is 1. The van der Waals surface area contributed by atoms with E-state index in [2.05, 4.69) is 9.88 Å². The van der Waals surface area contributed by atoms with Crippen molar-refractivity contribution in [3.8, 4) is 0 Å².